The van der Waals surface area contributed by atoms with Gasteiger partial charge in [0.2, 0.25) is 12.4 Å². The Morgan fingerprint density at radius 3 is 1.11 bits per heavy atom. The number of hydrogen-bond donors (Lipinski definition) is 0. The molecular formula is C117H120O31. The van der Waals surface area contributed by atoms with Gasteiger partial charge in [-0.05, 0) is 213 Å². The van der Waals surface area contributed by atoms with Crippen LogP contribution in [0.3, 0.4) is 0 Å². The van der Waals surface area contributed by atoms with Crippen LogP contribution in [0.4, 0.5) is 0 Å². The second-order valence-corrected chi connectivity index (χ2v) is 40.5. The highest BCUT2D eigenvalue weighted by Gasteiger charge is 2.73. The van der Waals surface area contributed by atoms with Crippen LogP contribution >= 0.6 is 0 Å². The summed E-state index contributed by atoms with van der Waals surface area (Å²) in [5.41, 5.74) is -3.73. The second kappa shape index (κ2) is 45.1. The van der Waals surface area contributed by atoms with E-state index in [9.17, 15) is 28.8 Å². The summed E-state index contributed by atoms with van der Waals surface area (Å²) in [4.78, 5) is 194. The zero-order chi connectivity index (χ0) is 105. The fourth-order valence-electron chi connectivity index (χ4n) is 24.0. The SMILES string of the molecule is CC(=O)OC[C@@]1(C)C2CC[C@]3(C)C(CC=C4C5[C@@H](C)[C@H](C)CC[C@]5(C(=O)O[C@@H]5OC(CO[C@@H]6OC(COC(=O)c7ccccc7)[C@@H](O[C@@H]7OC(C)[C@H](OC(=O)c8ccccc8)C(OC(=O)c8ccccc8)C7OC(=O)c7ccccc7)C(OC(=O)c7ccccc7)C6OC(=O)c6ccccc6)[C@@H](OC(=O)c6ccccc6)C(OC(=O)c6ccccc6)C5OC(=O)c5ccccc5)CC[C@]43C)[C@@]2(C)C[C@@H](OC(C)=O)[C@@H]1OC(C)=O. The lowest BCUT2D eigenvalue weighted by atomic mass is 9.33. The predicted octanol–water partition coefficient (Wildman–Crippen LogP) is 17.5. The summed E-state index contributed by atoms with van der Waals surface area (Å²) in [6, 6.07) is 69.2. The Kier molecular flexibility index (Phi) is 32.0. The van der Waals surface area contributed by atoms with E-state index in [4.69, 9.17) is 85.3 Å². The standard InChI is InChI=1S/C117H120O31/c1-68-58-61-117(63-62-115(9)83(89(117)69(68)2)56-57-88-113(7)64-84(135-72(5)119)99(136-73(6)120)114(8,67-133-71(4)118)87(113)59-60-116(88,115)10)112(130)148-111-98(146-108(129)82-54-36-19-37-55-82)94(142-104(125)78-46-28-15-29-47-78)91(140-102(123)76-42-24-13-25-43-76)86(138-111)66-132-109-96(144-106(127)80-50-32-17-33-51-80)95(143-105(126)79-48-30-16-31-49-79)92(85(137-109)65-131-100(121)74-38-20-11-21-39-74)147-110-97(145-107(128)81-52-34-18-35-53-81)93(141-103(124)77-44-26-14-27-45-77)90(70(3)134-110)139-101(122)75-40-22-12-23-41-75/h11-56,68-70,84-99,109-111H,57-67H2,1-10H3/t68-,69+,70?,84-,85?,86?,87?,88?,89?,90+,91-,92-,93?,94?,95?,96?,97?,98?,99+,109-,110+,111+,113+,114+,115-,116-,117+/m1/s1. The highest BCUT2D eigenvalue weighted by Crippen LogP contribution is 2.76. The summed E-state index contributed by atoms with van der Waals surface area (Å²) in [5, 5.41) is 0. The molecule has 3 heterocycles. The van der Waals surface area contributed by atoms with E-state index >= 15 is 33.6 Å². The van der Waals surface area contributed by atoms with Crippen LogP contribution in [0.25, 0.3) is 0 Å². The summed E-state index contributed by atoms with van der Waals surface area (Å²) in [7, 11) is 0. The van der Waals surface area contributed by atoms with Gasteiger partial charge in [-0.15, -0.1) is 0 Å². The van der Waals surface area contributed by atoms with E-state index in [2.05, 4.69) is 40.7 Å². The zero-order valence-electron chi connectivity index (χ0n) is 83.7. The third-order valence-corrected chi connectivity index (χ3v) is 31.5. The number of carbonyl (C=O) groups is 13. The van der Waals surface area contributed by atoms with Crippen LogP contribution in [0.5, 0.6) is 0 Å². The molecule has 17 rings (SSSR count). The van der Waals surface area contributed by atoms with E-state index in [-0.39, 0.29) is 93.2 Å². The Morgan fingerprint density at radius 2 is 0.696 bits per heavy atom. The number of rotatable bonds is 30. The maximum Gasteiger partial charge on any atom is 0.338 e. The molecule has 9 aromatic carbocycles. The molecule has 31 nitrogen and oxygen atoms in total. The highest BCUT2D eigenvalue weighted by atomic mass is 16.8. The molecule has 9 aromatic rings. The van der Waals surface area contributed by atoms with Crippen molar-refractivity contribution in [2.24, 2.45) is 56.7 Å². The predicted molar refractivity (Wildman–Crippen MR) is 527 cm³/mol. The summed E-state index contributed by atoms with van der Waals surface area (Å²) in [6.07, 6.45) is -26.5. The number of esters is 13. The van der Waals surface area contributed by atoms with E-state index in [0.717, 1.165) is 5.57 Å². The van der Waals surface area contributed by atoms with Crippen LogP contribution in [-0.2, 0) is 104 Å². The summed E-state index contributed by atoms with van der Waals surface area (Å²) >= 11 is 0. The lowest BCUT2D eigenvalue weighted by molar-refractivity contribution is -0.358. The topological polar surface area (TPSA) is 388 Å². The molecular weight excluding hydrogens is 1900 g/mol. The number of fused-ring (bicyclic) bond motifs is 7. The molecule has 148 heavy (non-hydrogen) atoms. The van der Waals surface area contributed by atoms with Crippen molar-refractivity contribution in [3.05, 3.63) is 335 Å². The Hall–Kier alpha value is -14.4. The van der Waals surface area contributed by atoms with Crippen LogP contribution < -0.4 is 0 Å². The molecule has 5 aliphatic carbocycles. The average Bonchev–Trinajstić information content (AvgIpc) is 0.668. The van der Waals surface area contributed by atoms with Gasteiger partial charge in [0, 0.05) is 26.2 Å². The number of allylic oxidation sites excluding steroid dienone is 2. The molecule has 0 bridgehead atoms. The molecule has 0 radical (unpaired) electrons. The molecule has 7 fully saturated rings. The largest absolute Gasteiger partial charge is 0.465 e. The average molecular weight is 2020 g/mol. The first-order valence-corrected chi connectivity index (χ1v) is 50.1. The fraction of sp³-hybridized carbons (Fsp3) is 0.410. The van der Waals surface area contributed by atoms with Crippen molar-refractivity contribution >= 4 is 77.6 Å². The van der Waals surface area contributed by atoms with Gasteiger partial charge in [-0.2, -0.15) is 0 Å². The third-order valence-electron chi connectivity index (χ3n) is 31.5. The van der Waals surface area contributed by atoms with Crippen molar-refractivity contribution in [1.29, 1.82) is 0 Å². The van der Waals surface area contributed by atoms with Gasteiger partial charge in [-0.3, -0.25) is 19.2 Å². The van der Waals surface area contributed by atoms with Crippen molar-refractivity contribution in [2.75, 3.05) is 19.8 Å². The molecule has 4 saturated carbocycles. The molecule has 3 aliphatic heterocycles. The van der Waals surface area contributed by atoms with Crippen LogP contribution in [-0.4, -0.2) is 202 Å². The molecule has 12 unspecified atom stereocenters. The smallest absolute Gasteiger partial charge is 0.338 e. The lowest BCUT2D eigenvalue weighted by Crippen LogP contribution is -2.69. The van der Waals surface area contributed by atoms with E-state index in [0.29, 0.717) is 38.5 Å². The molecule has 8 aliphatic rings. The van der Waals surface area contributed by atoms with Gasteiger partial charge in [0.15, 0.2) is 55.3 Å². The lowest BCUT2D eigenvalue weighted by Gasteiger charge is -2.71. The first-order chi connectivity index (χ1) is 71.2. The number of hydrogen-bond acceptors (Lipinski definition) is 31. The van der Waals surface area contributed by atoms with Crippen molar-refractivity contribution in [3.8, 4) is 0 Å². The van der Waals surface area contributed by atoms with Crippen LogP contribution in [0.2, 0.25) is 0 Å². The fourth-order valence-corrected chi connectivity index (χ4v) is 24.0. The van der Waals surface area contributed by atoms with Gasteiger partial charge in [-0.1, -0.05) is 217 Å². The van der Waals surface area contributed by atoms with Crippen molar-refractivity contribution in [1.82, 2.24) is 0 Å². The van der Waals surface area contributed by atoms with Gasteiger partial charge >= 0.3 is 77.6 Å². The van der Waals surface area contributed by atoms with Gasteiger partial charge in [0.25, 0.3) is 0 Å². The number of benzene rings is 9. The molecule has 0 aromatic heterocycles. The van der Waals surface area contributed by atoms with Crippen molar-refractivity contribution in [3.63, 3.8) is 0 Å². The normalized spacial score (nSPS) is 31.3. The van der Waals surface area contributed by atoms with E-state index < -0.39 is 228 Å². The number of carbonyl (C=O) groups excluding carboxylic acids is 13. The van der Waals surface area contributed by atoms with E-state index in [1.807, 2.05) is 6.92 Å². The molecule has 0 N–H and O–H groups in total. The van der Waals surface area contributed by atoms with E-state index in [1.54, 1.807) is 164 Å². The zero-order valence-corrected chi connectivity index (χ0v) is 83.7. The van der Waals surface area contributed by atoms with Crippen LogP contribution in [0.1, 0.15) is 214 Å². The maximum atomic E-state index is 17.3. The minimum absolute atomic E-state index is 0.00244. The maximum absolute atomic E-state index is 17.3. The molecule has 3 saturated heterocycles. The Balaban J connectivity index is 0.801. The molecule has 774 valence electrons. The van der Waals surface area contributed by atoms with Gasteiger partial charge < -0.3 is 85.3 Å². The molecule has 0 spiro atoms. The van der Waals surface area contributed by atoms with Gasteiger partial charge in [0.05, 0.1) is 68.2 Å². The minimum Gasteiger partial charge on any atom is -0.465 e. The Bertz CT molecular complexity index is 6300. The first kappa shape index (κ1) is 105. The summed E-state index contributed by atoms with van der Waals surface area (Å²) < 4.78 is 120. The second-order valence-electron chi connectivity index (χ2n) is 40.5. The van der Waals surface area contributed by atoms with E-state index in [1.165, 1.54) is 137 Å². The van der Waals surface area contributed by atoms with Crippen molar-refractivity contribution in [2.45, 2.75) is 225 Å². The monoisotopic (exact) mass is 2020 g/mol. The Morgan fingerprint density at radius 1 is 0.331 bits per heavy atom. The quantitative estimate of drug-likeness (QED) is 0.0229. The number of ether oxygens (including phenoxy) is 18. The first-order valence-electron chi connectivity index (χ1n) is 50.1. The highest BCUT2D eigenvalue weighted by molar-refractivity contribution is 5.95. The van der Waals surface area contributed by atoms with Gasteiger partial charge in [-0.25, -0.2) is 43.2 Å². The van der Waals surface area contributed by atoms with Gasteiger partial charge in [0.1, 0.15) is 43.7 Å². The molecule has 0 amide bonds. The van der Waals surface area contributed by atoms with Crippen LogP contribution in [0, 0.1) is 56.7 Å². The van der Waals surface area contributed by atoms with Crippen molar-refractivity contribution < 1.29 is 148 Å². The summed E-state index contributed by atoms with van der Waals surface area (Å²) in [6.45, 7) is 16.3. The molecule has 31 heteroatoms. The van der Waals surface area contributed by atoms with Crippen LogP contribution in [0.15, 0.2) is 285 Å². The molecule has 27 atom stereocenters. The minimum atomic E-state index is -2.21. The Labute approximate surface area is 856 Å². The third kappa shape index (κ3) is 22.0. The summed E-state index contributed by atoms with van der Waals surface area (Å²) in [5.74, 6) is -13.2.